The minimum atomic E-state index is -4.25. The van der Waals surface area contributed by atoms with E-state index in [1.807, 2.05) is 30.3 Å². The molecule has 102 valence electrons. The predicted octanol–water partition coefficient (Wildman–Crippen LogP) is 2.77. The first-order valence-electron chi connectivity index (χ1n) is 5.90. The average Bonchev–Trinajstić information content (AvgIpc) is 2.33. The first-order valence-corrected chi connectivity index (χ1v) is 5.90. The summed E-state index contributed by atoms with van der Waals surface area (Å²) in [7, 11) is 0. The molecule has 2 nitrogen and oxygen atoms in total. The number of ether oxygens (including phenoxy) is 1. The van der Waals surface area contributed by atoms with Crippen LogP contribution in [0.2, 0.25) is 0 Å². The maximum atomic E-state index is 11.9. The fraction of sp³-hybridized carbons (Fsp3) is 0.538. The van der Waals surface area contributed by atoms with Gasteiger partial charge in [-0.1, -0.05) is 30.3 Å². The lowest BCUT2D eigenvalue weighted by atomic mass is 9.97. The van der Waals surface area contributed by atoms with E-state index in [1.165, 1.54) is 0 Å². The molecule has 0 aromatic heterocycles. The van der Waals surface area contributed by atoms with Gasteiger partial charge in [0.1, 0.15) is 6.61 Å². The Morgan fingerprint density at radius 2 is 1.83 bits per heavy atom. The molecular weight excluding hydrogens is 243 g/mol. The average molecular weight is 261 g/mol. The molecule has 5 heteroatoms. The summed E-state index contributed by atoms with van der Waals surface area (Å²) in [5.74, 6) is 0.153. The Balaban J connectivity index is 2.26. The smallest absolute Gasteiger partial charge is 0.372 e. The molecule has 0 spiro atoms. The Bertz CT molecular complexity index is 327. The van der Waals surface area contributed by atoms with Gasteiger partial charge < -0.3 is 10.5 Å². The van der Waals surface area contributed by atoms with Crippen LogP contribution in [-0.2, 0) is 11.2 Å². The molecule has 1 aromatic carbocycles. The van der Waals surface area contributed by atoms with E-state index in [-0.39, 0.29) is 12.5 Å². The normalized spacial score (nSPS) is 13.6. The van der Waals surface area contributed by atoms with Crippen molar-refractivity contribution in [2.75, 3.05) is 19.8 Å². The van der Waals surface area contributed by atoms with Crippen molar-refractivity contribution in [3.05, 3.63) is 35.9 Å². The van der Waals surface area contributed by atoms with Gasteiger partial charge in [-0.15, -0.1) is 0 Å². The highest BCUT2D eigenvalue weighted by molar-refractivity contribution is 5.15. The monoisotopic (exact) mass is 261 g/mol. The Morgan fingerprint density at radius 1 is 1.17 bits per heavy atom. The largest absolute Gasteiger partial charge is 0.411 e. The molecule has 0 aliphatic heterocycles. The predicted molar refractivity (Wildman–Crippen MR) is 64.2 cm³/mol. The van der Waals surface area contributed by atoms with Gasteiger partial charge in [0, 0.05) is 6.61 Å². The lowest BCUT2D eigenvalue weighted by Crippen LogP contribution is -2.22. The first kappa shape index (κ1) is 15.0. The molecule has 0 fully saturated rings. The van der Waals surface area contributed by atoms with Crippen LogP contribution in [0.3, 0.4) is 0 Å². The van der Waals surface area contributed by atoms with Gasteiger partial charge in [-0.2, -0.15) is 13.2 Å². The summed E-state index contributed by atoms with van der Waals surface area (Å²) < 4.78 is 40.2. The van der Waals surface area contributed by atoms with Crippen molar-refractivity contribution in [2.45, 2.75) is 19.0 Å². The van der Waals surface area contributed by atoms with Gasteiger partial charge in [0.2, 0.25) is 0 Å². The molecule has 0 aliphatic carbocycles. The molecular formula is C13H18F3NO. The molecule has 0 saturated heterocycles. The van der Waals surface area contributed by atoms with Crippen LogP contribution in [-0.4, -0.2) is 25.9 Å². The van der Waals surface area contributed by atoms with Crippen LogP contribution >= 0.6 is 0 Å². The summed E-state index contributed by atoms with van der Waals surface area (Å²) in [4.78, 5) is 0. The minimum Gasteiger partial charge on any atom is -0.372 e. The van der Waals surface area contributed by atoms with Crippen molar-refractivity contribution in [2.24, 2.45) is 11.7 Å². The number of alkyl halides is 3. The van der Waals surface area contributed by atoms with Gasteiger partial charge in [-0.3, -0.25) is 0 Å². The van der Waals surface area contributed by atoms with E-state index in [0.717, 1.165) is 12.0 Å². The van der Waals surface area contributed by atoms with Gasteiger partial charge in [0.15, 0.2) is 0 Å². The minimum absolute atomic E-state index is 0.0915. The van der Waals surface area contributed by atoms with E-state index in [9.17, 15) is 13.2 Å². The number of halogens is 3. The third-order valence-electron chi connectivity index (χ3n) is 2.64. The van der Waals surface area contributed by atoms with Gasteiger partial charge >= 0.3 is 6.18 Å². The fourth-order valence-electron chi connectivity index (χ4n) is 1.69. The third kappa shape index (κ3) is 6.61. The molecule has 0 heterocycles. The zero-order valence-corrected chi connectivity index (χ0v) is 10.1. The summed E-state index contributed by atoms with van der Waals surface area (Å²) in [6.45, 7) is -0.645. The van der Waals surface area contributed by atoms with Crippen LogP contribution in [0.1, 0.15) is 12.0 Å². The van der Waals surface area contributed by atoms with E-state index >= 15 is 0 Å². The van der Waals surface area contributed by atoms with Crippen LogP contribution in [0.15, 0.2) is 30.3 Å². The molecule has 1 aromatic rings. The molecule has 1 atom stereocenters. The van der Waals surface area contributed by atoms with E-state index in [1.54, 1.807) is 0 Å². The summed E-state index contributed by atoms with van der Waals surface area (Å²) in [6.07, 6.45) is -2.94. The highest BCUT2D eigenvalue weighted by atomic mass is 19.4. The summed E-state index contributed by atoms with van der Waals surface area (Å²) >= 11 is 0. The summed E-state index contributed by atoms with van der Waals surface area (Å²) in [6, 6.07) is 9.76. The zero-order chi connectivity index (χ0) is 13.4. The van der Waals surface area contributed by atoms with E-state index in [0.29, 0.717) is 13.0 Å². The molecule has 0 amide bonds. The molecule has 18 heavy (non-hydrogen) atoms. The zero-order valence-electron chi connectivity index (χ0n) is 10.1. The summed E-state index contributed by atoms with van der Waals surface area (Å²) in [5, 5.41) is 0. The van der Waals surface area contributed by atoms with Crippen molar-refractivity contribution >= 4 is 0 Å². The quantitative estimate of drug-likeness (QED) is 0.766. The van der Waals surface area contributed by atoms with Crippen molar-refractivity contribution in [3.63, 3.8) is 0 Å². The van der Waals surface area contributed by atoms with Gasteiger partial charge in [-0.25, -0.2) is 0 Å². The Hall–Kier alpha value is -1.07. The van der Waals surface area contributed by atoms with Crippen LogP contribution in [0.25, 0.3) is 0 Å². The molecule has 2 N–H and O–H groups in total. The third-order valence-corrected chi connectivity index (χ3v) is 2.64. The first-order chi connectivity index (χ1) is 8.51. The van der Waals surface area contributed by atoms with Gasteiger partial charge in [-0.05, 0) is 30.9 Å². The van der Waals surface area contributed by atoms with Gasteiger partial charge in [0.05, 0.1) is 0 Å². The van der Waals surface area contributed by atoms with Crippen LogP contribution < -0.4 is 5.73 Å². The van der Waals surface area contributed by atoms with Crippen molar-refractivity contribution in [3.8, 4) is 0 Å². The Labute approximate surface area is 105 Å². The SMILES string of the molecule is NCC(CCOCC(F)(F)F)Cc1ccccc1. The Kier molecular flexibility index (Phi) is 6.15. The Morgan fingerprint density at radius 3 is 2.39 bits per heavy atom. The van der Waals surface area contributed by atoms with Crippen LogP contribution in [0.4, 0.5) is 13.2 Å². The number of nitrogens with two attached hydrogens (primary N) is 1. The maximum absolute atomic E-state index is 11.9. The van der Waals surface area contributed by atoms with Gasteiger partial charge in [0.25, 0.3) is 0 Å². The lowest BCUT2D eigenvalue weighted by molar-refractivity contribution is -0.174. The van der Waals surface area contributed by atoms with E-state index in [2.05, 4.69) is 4.74 Å². The maximum Gasteiger partial charge on any atom is 0.411 e. The molecule has 1 unspecified atom stereocenters. The molecule has 0 radical (unpaired) electrons. The van der Waals surface area contributed by atoms with E-state index < -0.39 is 12.8 Å². The number of hydrogen-bond donors (Lipinski definition) is 1. The van der Waals surface area contributed by atoms with E-state index in [4.69, 9.17) is 5.73 Å². The van der Waals surface area contributed by atoms with Crippen molar-refractivity contribution in [1.82, 2.24) is 0 Å². The second kappa shape index (κ2) is 7.38. The second-order valence-electron chi connectivity index (χ2n) is 4.25. The summed E-state index contributed by atoms with van der Waals surface area (Å²) in [5.41, 5.74) is 6.75. The number of rotatable bonds is 7. The van der Waals surface area contributed by atoms with Crippen LogP contribution in [0.5, 0.6) is 0 Å². The molecule has 1 rings (SSSR count). The van der Waals surface area contributed by atoms with Crippen molar-refractivity contribution < 1.29 is 17.9 Å². The molecule has 0 aliphatic rings. The number of hydrogen-bond acceptors (Lipinski definition) is 2. The van der Waals surface area contributed by atoms with Crippen LogP contribution in [0, 0.1) is 5.92 Å². The highest BCUT2D eigenvalue weighted by Crippen LogP contribution is 2.16. The number of benzene rings is 1. The molecule has 0 bridgehead atoms. The topological polar surface area (TPSA) is 35.2 Å². The second-order valence-corrected chi connectivity index (χ2v) is 4.25. The highest BCUT2D eigenvalue weighted by Gasteiger charge is 2.27. The lowest BCUT2D eigenvalue weighted by Gasteiger charge is -2.15. The molecule has 0 saturated carbocycles. The fourth-order valence-corrected chi connectivity index (χ4v) is 1.69. The standard InChI is InChI=1S/C13H18F3NO/c14-13(15,16)10-18-7-6-12(9-17)8-11-4-2-1-3-5-11/h1-5,12H,6-10,17H2. The van der Waals surface area contributed by atoms with Crippen molar-refractivity contribution in [1.29, 1.82) is 0 Å².